The van der Waals surface area contributed by atoms with Crippen molar-refractivity contribution < 1.29 is 8.76 Å². The zero-order chi connectivity index (χ0) is 12.5. The molecule has 0 bridgehead atoms. The van der Waals surface area contributed by atoms with Gasteiger partial charge in [-0.3, -0.25) is 4.21 Å². The quantitative estimate of drug-likeness (QED) is 0.715. The summed E-state index contributed by atoms with van der Waals surface area (Å²) in [6, 6.07) is 0.193. The standard InChI is InChI=1S/C12H25NO2S/c1-8(2)10(5)12-11(9(3)4)6-7-13(12)16(14)15/h8-12H,6-7H2,1-5H3,(H,14,15)/p-1. The first-order valence-electron chi connectivity index (χ1n) is 6.22. The molecule has 0 spiro atoms. The molecule has 0 aromatic rings. The Morgan fingerprint density at radius 2 is 1.81 bits per heavy atom. The van der Waals surface area contributed by atoms with Crippen LogP contribution in [-0.2, 0) is 11.3 Å². The maximum Gasteiger partial charge on any atom is 0.0274 e. The summed E-state index contributed by atoms with van der Waals surface area (Å²) in [7, 11) is 0. The van der Waals surface area contributed by atoms with Crippen LogP contribution in [-0.4, -0.2) is 25.7 Å². The number of hydrogen-bond acceptors (Lipinski definition) is 2. The molecule has 16 heavy (non-hydrogen) atoms. The summed E-state index contributed by atoms with van der Waals surface area (Å²) in [4.78, 5) is 0. The third-order valence-electron chi connectivity index (χ3n) is 4.09. The smallest absolute Gasteiger partial charge is 0.0274 e. The van der Waals surface area contributed by atoms with Crippen LogP contribution >= 0.6 is 0 Å². The van der Waals surface area contributed by atoms with Gasteiger partial charge in [0.25, 0.3) is 0 Å². The molecule has 0 saturated carbocycles. The van der Waals surface area contributed by atoms with Gasteiger partial charge in [-0.25, -0.2) is 4.31 Å². The molecule has 1 heterocycles. The molecule has 0 aromatic carbocycles. The Balaban J connectivity index is 2.88. The fourth-order valence-corrected chi connectivity index (χ4v) is 3.56. The van der Waals surface area contributed by atoms with Gasteiger partial charge in [-0.05, 0) is 30.1 Å². The van der Waals surface area contributed by atoms with Gasteiger partial charge >= 0.3 is 0 Å². The summed E-state index contributed by atoms with van der Waals surface area (Å²) >= 11 is -2.06. The number of nitrogens with zero attached hydrogens (tertiary/aromatic N) is 1. The van der Waals surface area contributed by atoms with E-state index in [-0.39, 0.29) is 6.04 Å². The van der Waals surface area contributed by atoms with Crippen molar-refractivity contribution in [3.05, 3.63) is 0 Å². The first kappa shape index (κ1) is 14.1. The second-order valence-corrected chi connectivity index (χ2v) is 6.55. The molecule has 4 atom stereocenters. The second-order valence-electron chi connectivity index (χ2n) is 5.65. The largest absolute Gasteiger partial charge is 0.760 e. The summed E-state index contributed by atoms with van der Waals surface area (Å²) in [5.74, 6) is 2.01. The van der Waals surface area contributed by atoms with Crippen LogP contribution in [0.1, 0.15) is 41.0 Å². The Morgan fingerprint density at radius 1 is 1.25 bits per heavy atom. The molecule has 1 rings (SSSR count). The van der Waals surface area contributed by atoms with E-state index in [1.807, 2.05) is 0 Å². The minimum atomic E-state index is -2.06. The SMILES string of the molecule is CC(C)C(C)C1C(C(C)C)CCN1S(=O)[O-]. The van der Waals surface area contributed by atoms with Gasteiger partial charge in [-0.2, -0.15) is 0 Å². The van der Waals surface area contributed by atoms with E-state index in [4.69, 9.17) is 0 Å². The van der Waals surface area contributed by atoms with Crippen LogP contribution < -0.4 is 0 Å². The molecule has 3 nitrogen and oxygen atoms in total. The fraction of sp³-hybridized carbons (Fsp3) is 1.00. The van der Waals surface area contributed by atoms with Crippen LogP contribution in [0.3, 0.4) is 0 Å². The normalized spacial score (nSPS) is 31.2. The Morgan fingerprint density at radius 3 is 2.19 bits per heavy atom. The topological polar surface area (TPSA) is 43.4 Å². The lowest BCUT2D eigenvalue weighted by molar-refractivity contribution is 0.176. The minimum Gasteiger partial charge on any atom is -0.760 e. The molecule has 0 aliphatic carbocycles. The van der Waals surface area contributed by atoms with Gasteiger partial charge in [0, 0.05) is 23.9 Å². The zero-order valence-electron chi connectivity index (χ0n) is 11.0. The van der Waals surface area contributed by atoms with Gasteiger partial charge in [0.1, 0.15) is 0 Å². The van der Waals surface area contributed by atoms with Crippen molar-refractivity contribution in [1.29, 1.82) is 0 Å². The van der Waals surface area contributed by atoms with Crippen LogP contribution in [0.5, 0.6) is 0 Å². The molecular formula is C12H24NO2S-. The van der Waals surface area contributed by atoms with Crippen molar-refractivity contribution in [3.63, 3.8) is 0 Å². The summed E-state index contributed by atoms with van der Waals surface area (Å²) in [5.41, 5.74) is 0. The molecule has 4 unspecified atom stereocenters. The van der Waals surface area contributed by atoms with Gasteiger partial charge in [0.2, 0.25) is 0 Å². The third kappa shape index (κ3) is 2.84. The average molecular weight is 246 g/mol. The van der Waals surface area contributed by atoms with Crippen molar-refractivity contribution in [2.45, 2.75) is 47.1 Å². The van der Waals surface area contributed by atoms with E-state index in [9.17, 15) is 8.76 Å². The van der Waals surface area contributed by atoms with Crippen LogP contribution in [0, 0.1) is 23.7 Å². The van der Waals surface area contributed by atoms with E-state index in [2.05, 4.69) is 34.6 Å². The average Bonchev–Trinajstić information content (AvgIpc) is 2.59. The monoisotopic (exact) mass is 246 g/mol. The first-order valence-corrected chi connectivity index (χ1v) is 7.25. The van der Waals surface area contributed by atoms with Crippen molar-refractivity contribution >= 4 is 11.3 Å². The van der Waals surface area contributed by atoms with E-state index in [0.717, 1.165) is 6.42 Å². The van der Waals surface area contributed by atoms with Crippen LogP contribution in [0.4, 0.5) is 0 Å². The van der Waals surface area contributed by atoms with Crippen LogP contribution in [0.2, 0.25) is 0 Å². The molecule has 96 valence electrons. The minimum absolute atomic E-state index is 0.193. The molecule has 0 N–H and O–H groups in total. The van der Waals surface area contributed by atoms with E-state index < -0.39 is 11.3 Å². The fourth-order valence-electron chi connectivity index (χ4n) is 2.76. The summed E-state index contributed by atoms with van der Waals surface area (Å²) < 4.78 is 24.1. The van der Waals surface area contributed by atoms with Crippen LogP contribution in [0.25, 0.3) is 0 Å². The highest BCUT2D eigenvalue weighted by Crippen LogP contribution is 2.37. The molecule has 0 radical (unpaired) electrons. The molecule has 1 saturated heterocycles. The van der Waals surface area contributed by atoms with E-state index in [1.54, 1.807) is 4.31 Å². The summed E-state index contributed by atoms with van der Waals surface area (Å²) in [6.45, 7) is 11.6. The van der Waals surface area contributed by atoms with Crippen LogP contribution in [0.15, 0.2) is 0 Å². The Kier molecular flexibility index (Phi) is 4.95. The predicted molar refractivity (Wildman–Crippen MR) is 66.4 cm³/mol. The lowest BCUT2D eigenvalue weighted by Crippen LogP contribution is -2.42. The highest BCUT2D eigenvalue weighted by molar-refractivity contribution is 7.76. The Labute approximate surface area is 102 Å². The number of rotatable bonds is 4. The predicted octanol–water partition coefficient (Wildman–Crippen LogP) is 2.42. The Hall–Kier alpha value is 0.0700. The highest BCUT2D eigenvalue weighted by Gasteiger charge is 2.40. The van der Waals surface area contributed by atoms with Gasteiger partial charge < -0.3 is 4.55 Å². The van der Waals surface area contributed by atoms with Crippen molar-refractivity contribution in [2.75, 3.05) is 6.54 Å². The van der Waals surface area contributed by atoms with Crippen molar-refractivity contribution in [1.82, 2.24) is 4.31 Å². The number of hydrogen-bond donors (Lipinski definition) is 0. The first-order chi connectivity index (χ1) is 7.36. The third-order valence-corrected chi connectivity index (χ3v) is 4.90. The zero-order valence-corrected chi connectivity index (χ0v) is 11.8. The van der Waals surface area contributed by atoms with Gasteiger partial charge in [-0.15, -0.1) is 0 Å². The van der Waals surface area contributed by atoms with Gasteiger partial charge in [-0.1, -0.05) is 34.6 Å². The van der Waals surface area contributed by atoms with Gasteiger partial charge in [0.15, 0.2) is 0 Å². The van der Waals surface area contributed by atoms with E-state index in [1.165, 1.54) is 0 Å². The molecule has 4 heteroatoms. The molecule has 0 amide bonds. The van der Waals surface area contributed by atoms with Crippen molar-refractivity contribution in [3.8, 4) is 0 Å². The lowest BCUT2D eigenvalue weighted by Gasteiger charge is -2.37. The molecule has 1 aliphatic heterocycles. The molecular weight excluding hydrogens is 222 g/mol. The molecule has 1 fully saturated rings. The summed E-state index contributed by atoms with van der Waals surface area (Å²) in [5, 5.41) is 0. The maximum atomic E-state index is 11.2. The Bertz CT molecular complexity index is 255. The maximum absolute atomic E-state index is 11.2. The molecule has 1 aliphatic rings. The van der Waals surface area contributed by atoms with Crippen molar-refractivity contribution in [2.24, 2.45) is 23.7 Å². The summed E-state index contributed by atoms with van der Waals surface area (Å²) in [6.07, 6.45) is 1.01. The van der Waals surface area contributed by atoms with E-state index in [0.29, 0.717) is 30.2 Å². The van der Waals surface area contributed by atoms with E-state index >= 15 is 0 Å². The highest BCUT2D eigenvalue weighted by atomic mass is 32.2. The van der Waals surface area contributed by atoms with Gasteiger partial charge in [0.05, 0.1) is 0 Å². The lowest BCUT2D eigenvalue weighted by atomic mass is 9.79. The second kappa shape index (κ2) is 5.61. The molecule has 0 aromatic heterocycles.